The molecule has 0 saturated heterocycles. The van der Waals surface area contributed by atoms with Gasteiger partial charge in [0.1, 0.15) is 11.9 Å². The molecular formula is C23H24BrN3O3. The van der Waals surface area contributed by atoms with Gasteiger partial charge in [-0.2, -0.15) is 5.10 Å². The van der Waals surface area contributed by atoms with E-state index >= 15 is 0 Å². The van der Waals surface area contributed by atoms with Gasteiger partial charge in [-0.25, -0.2) is 0 Å². The van der Waals surface area contributed by atoms with Crippen LogP contribution in [0.3, 0.4) is 0 Å². The maximum atomic E-state index is 12.8. The standard InChI is InChI=1S/C23H24BrN3O3/c1-16(15-29-3)30-21-13-18(5-4-17-6-8-20(24)9-7-17)12-19(14-21)23(28)25-22-10-11-27(2)26-22/h4-14,16H,15H2,1-3H3,(H,25,26,28)/t16-/m0/s1. The number of hydrogen-bond acceptors (Lipinski definition) is 4. The second-order valence-corrected chi connectivity index (χ2v) is 7.80. The summed E-state index contributed by atoms with van der Waals surface area (Å²) in [5.41, 5.74) is 2.39. The number of hydrogen-bond donors (Lipinski definition) is 1. The lowest BCUT2D eigenvalue weighted by atomic mass is 10.1. The number of benzene rings is 2. The number of nitrogens with one attached hydrogen (secondary N) is 1. The van der Waals surface area contributed by atoms with E-state index in [9.17, 15) is 4.79 Å². The Morgan fingerprint density at radius 1 is 1.17 bits per heavy atom. The maximum Gasteiger partial charge on any atom is 0.257 e. The third kappa shape index (κ3) is 6.30. The molecule has 3 rings (SSSR count). The Hall–Kier alpha value is -2.90. The van der Waals surface area contributed by atoms with E-state index in [-0.39, 0.29) is 12.0 Å². The van der Waals surface area contributed by atoms with Crippen molar-refractivity contribution < 1.29 is 14.3 Å². The number of carbonyl (C=O) groups is 1. The van der Waals surface area contributed by atoms with Gasteiger partial charge < -0.3 is 14.8 Å². The first kappa shape index (κ1) is 21.8. The van der Waals surface area contributed by atoms with Crippen LogP contribution in [0, 0.1) is 0 Å². The van der Waals surface area contributed by atoms with Crippen LogP contribution >= 0.6 is 15.9 Å². The molecular weight excluding hydrogens is 446 g/mol. The van der Waals surface area contributed by atoms with Crippen LogP contribution in [0.1, 0.15) is 28.4 Å². The zero-order chi connectivity index (χ0) is 21.5. The number of aryl methyl sites for hydroxylation is 1. The molecule has 1 aromatic heterocycles. The fraction of sp³-hybridized carbons (Fsp3) is 0.217. The first-order valence-electron chi connectivity index (χ1n) is 9.48. The van der Waals surface area contributed by atoms with Crippen LogP contribution < -0.4 is 10.1 Å². The summed E-state index contributed by atoms with van der Waals surface area (Å²) in [6.07, 6.45) is 5.57. The van der Waals surface area contributed by atoms with Crippen molar-refractivity contribution >= 4 is 39.8 Å². The number of halogens is 1. The molecule has 0 radical (unpaired) electrons. The monoisotopic (exact) mass is 469 g/mol. The Bertz CT molecular complexity index is 1030. The summed E-state index contributed by atoms with van der Waals surface area (Å²) < 4.78 is 13.7. The van der Waals surface area contributed by atoms with E-state index in [1.54, 1.807) is 37.2 Å². The van der Waals surface area contributed by atoms with Gasteiger partial charge in [-0.15, -0.1) is 0 Å². The van der Waals surface area contributed by atoms with Crippen molar-refractivity contribution in [3.63, 3.8) is 0 Å². The van der Waals surface area contributed by atoms with Gasteiger partial charge >= 0.3 is 0 Å². The normalized spacial score (nSPS) is 12.1. The lowest BCUT2D eigenvalue weighted by Crippen LogP contribution is -2.19. The highest BCUT2D eigenvalue weighted by molar-refractivity contribution is 9.10. The third-order valence-electron chi connectivity index (χ3n) is 4.22. The van der Waals surface area contributed by atoms with Crippen molar-refractivity contribution in [3.05, 3.63) is 75.9 Å². The topological polar surface area (TPSA) is 65.4 Å². The van der Waals surface area contributed by atoms with Gasteiger partial charge in [-0.3, -0.25) is 9.48 Å². The zero-order valence-corrected chi connectivity index (χ0v) is 18.7. The second kappa shape index (κ2) is 10.2. The molecule has 0 aliphatic heterocycles. The SMILES string of the molecule is COC[C@H](C)Oc1cc(C=Cc2ccc(Br)cc2)cc(C(=O)Nc2ccn(C)n2)c1. The summed E-state index contributed by atoms with van der Waals surface area (Å²) in [5, 5.41) is 7.01. The van der Waals surface area contributed by atoms with E-state index < -0.39 is 0 Å². The van der Waals surface area contributed by atoms with Crippen LogP contribution in [0.15, 0.2) is 59.2 Å². The molecule has 0 saturated carbocycles. The minimum Gasteiger partial charge on any atom is -0.488 e. The van der Waals surface area contributed by atoms with Crippen LogP contribution in [0.5, 0.6) is 5.75 Å². The molecule has 0 bridgehead atoms. The lowest BCUT2D eigenvalue weighted by molar-refractivity contribution is 0.0917. The van der Waals surface area contributed by atoms with E-state index in [0.717, 1.165) is 15.6 Å². The second-order valence-electron chi connectivity index (χ2n) is 6.89. The van der Waals surface area contributed by atoms with E-state index in [0.29, 0.717) is 23.7 Å². The molecule has 1 amide bonds. The van der Waals surface area contributed by atoms with Crippen molar-refractivity contribution in [2.45, 2.75) is 13.0 Å². The van der Waals surface area contributed by atoms with Crippen LogP contribution in [-0.2, 0) is 11.8 Å². The molecule has 2 aromatic carbocycles. The quantitative estimate of drug-likeness (QED) is 0.470. The molecule has 30 heavy (non-hydrogen) atoms. The number of aromatic nitrogens is 2. The van der Waals surface area contributed by atoms with Gasteiger partial charge in [0.05, 0.1) is 6.61 Å². The first-order valence-corrected chi connectivity index (χ1v) is 10.3. The average Bonchev–Trinajstić information content (AvgIpc) is 3.12. The van der Waals surface area contributed by atoms with Crippen molar-refractivity contribution in [1.82, 2.24) is 9.78 Å². The predicted octanol–water partition coefficient (Wildman–Crippen LogP) is 5.02. The van der Waals surface area contributed by atoms with Crippen molar-refractivity contribution in [2.24, 2.45) is 7.05 Å². The Kier molecular flexibility index (Phi) is 7.43. The molecule has 3 aromatic rings. The molecule has 0 aliphatic rings. The van der Waals surface area contributed by atoms with E-state index in [1.807, 2.05) is 55.5 Å². The lowest BCUT2D eigenvalue weighted by Gasteiger charge is -2.15. The van der Waals surface area contributed by atoms with Gasteiger partial charge in [0, 0.05) is 36.5 Å². The van der Waals surface area contributed by atoms with Crippen molar-refractivity contribution in [1.29, 1.82) is 0 Å². The molecule has 1 heterocycles. The first-order chi connectivity index (χ1) is 14.4. The number of nitrogens with zero attached hydrogens (tertiary/aromatic N) is 2. The van der Waals surface area contributed by atoms with Gasteiger partial charge in [0.25, 0.3) is 5.91 Å². The highest BCUT2D eigenvalue weighted by Crippen LogP contribution is 2.22. The number of methoxy groups -OCH3 is 1. The molecule has 1 atom stereocenters. The van der Waals surface area contributed by atoms with Crippen molar-refractivity contribution in [2.75, 3.05) is 19.0 Å². The van der Waals surface area contributed by atoms with Gasteiger partial charge in [0.15, 0.2) is 5.82 Å². The summed E-state index contributed by atoms with van der Waals surface area (Å²) in [7, 11) is 3.43. The summed E-state index contributed by atoms with van der Waals surface area (Å²) >= 11 is 3.44. The van der Waals surface area contributed by atoms with Crippen LogP contribution in [0.4, 0.5) is 5.82 Å². The summed E-state index contributed by atoms with van der Waals surface area (Å²) in [6.45, 7) is 2.37. The van der Waals surface area contributed by atoms with E-state index in [1.165, 1.54) is 0 Å². The van der Waals surface area contributed by atoms with E-state index in [2.05, 4.69) is 26.3 Å². The number of amides is 1. The Balaban J connectivity index is 1.87. The predicted molar refractivity (Wildman–Crippen MR) is 123 cm³/mol. The number of carbonyl (C=O) groups excluding carboxylic acids is 1. The highest BCUT2D eigenvalue weighted by Gasteiger charge is 2.12. The third-order valence-corrected chi connectivity index (χ3v) is 4.75. The Labute approximate surface area is 184 Å². The number of ether oxygens (including phenoxy) is 2. The maximum absolute atomic E-state index is 12.8. The summed E-state index contributed by atoms with van der Waals surface area (Å²) in [6, 6.07) is 15.2. The van der Waals surface area contributed by atoms with Crippen LogP contribution in [0.2, 0.25) is 0 Å². The molecule has 6 nitrogen and oxygen atoms in total. The van der Waals surface area contributed by atoms with Gasteiger partial charge in [-0.1, -0.05) is 40.2 Å². The Morgan fingerprint density at radius 2 is 1.90 bits per heavy atom. The van der Waals surface area contributed by atoms with Gasteiger partial charge in [0.2, 0.25) is 0 Å². The molecule has 0 spiro atoms. The number of anilines is 1. The zero-order valence-electron chi connectivity index (χ0n) is 17.1. The number of rotatable bonds is 8. The molecule has 0 aliphatic carbocycles. The molecule has 7 heteroatoms. The summed E-state index contributed by atoms with van der Waals surface area (Å²) in [5.74, 6) is 0.842. The van der Waals surface area contributed by atoms with Crippen molar-refractivity contribution in [3.8, 4) is 5.75 Å². The fourth-order valence-electron chi connectivity index (χ4n) is 2.86. The van der Waals surface area contributed by atoms with Crippen LogP contribution in [-0.4, -0.2) is 35.5 Å². The summed E-state index contributed by atoms with van der Waals surface area (Å²) in [4.78, 5) is 12.8. The van der Waals surface area contributed by atoms with E-state index in [4.69, 9.17) is 9.47 Å². The minimum atomic E-state index is -0.253. The smallest absolute Gasteiger partial charge is 0.257 e. The Morgan fingerprint density at radius 3 is 2.57 bits per heavy atom. The molecule has 156 valence electrons. The molecule has 0 fully saturated rings. The molecule has 0 unspecified atom stereocenters. The van der Waals surface area contributed by atoms with Crippen LogP contribution in [0.25, 0.3) is 12.2 Å². The minimum absolute atomic E-state index is 0.146. The highest BCUT2D eigenvalue weighted by atomic mass is 79.9. The van der Waals surface area contributed by atoms with Gasteiger partial charge in [-0.05, 0) is 48.4 Å². The fourth-order valence-corrected chi connectivity index (χ4v) is 3.12. The average molecular weight is 470 g/mol. The largest absolute Gasteiger partial charge is 0.488 e. The molecule has 1 N–H and O–H groups in total.